The first-order valence-corrected chi connectivity index (χ1v) is 6.37. The number of benzene rings is 1. The molecule has 0 atom stereocenters. The highest BCUT2D eigenvalue weighted by Crippen LogP contribution is 2.20. The van der Waals surface area contributed by atoms with E-state index < -0.39 is 0 Å². The highest BCUT2D eigenvalue weighted by molar-refractivity contribution is 9.10. The van der Waals surface area contributed by atoms with Crippen LogP contribution in [0.15, 0.2) is 35.1 Å². The van der Waals surface area contributed by atoms with Crippen molar-refractivity contribution in [1.29, 1.82) is 0 Å². The number of imidazole rings is 1. The molecule has 4 nitrogen and oxygen atoms in total. The topological polar surface area (TPSA) is 49.0 Å². The minimum Gasteiger partial charge on any atom is -0.347 e. The molecule has 2 aromatic rings. The number of aryl methyl sites for hydroxylation is 1. The molecule has 0 unspecified atom stereocenters. The summed E-state index contributed by atoms with van der Waals surface area (Å²) in [5.74, 6) is 0.743. The van der Waals surface area contributed by atoms with Crippen molar-refractivity contribution in [3.05, 3.63) is 52.0 Å². The number of rotatable bonds is 3. The van der Waals surface area contributed by atoms with E-state index in [2.05, 4.69) is 25.9 Å². The van der Waals surface area contributed by atoms with Crippen LogP contribution in [0.2, 0.25) is 0 Å². The summed E-state index contributed by atoms with van der Waals surface area (Å²) in [7, 11) is 1.76. The fourth-order valence-electron chi connectivity index (χ4n) is 1.68. The monoisotopic (exact) mass is 307 g/mol. The van der Waals surface area contributed by atoms with Gasteiger partial charge in [-0.15, -0.1) is 0 Å². The number of carbonyl (C=O) groups is 1. The normalized spacial score (nSPS) is 10.4. The van der Waals surface area contributed by atoms with Crippen molar-refractivity contribution in [1.82, 2.24) is 14.9 Å². The maximum absolute atomic E-state index is 12.3. The molecule has 0 radical (unpaired) electrons. The quantitative estimate of drug-likeness (QED) is 0.948. The Morgan fingerprint density at radius 3 is 2.89 bits per heavy atom. The summed E-state index contributed by atoms with van der Waals surface area (Å²) in [6, 6.07) is 5.70. The molecule has 0 saturated heterocycles. The lowest BCUT2D eigenvalue weighted by Crippen LogP contribution is -2.27. The first kappa shape index (κ1) is 12.8. The number of nitrogens with zero attached hydrogens (tertiary/aromatic N) is 2. The van der Waals surface area contributed by atoms with E-state index in [0.717, 1.165) is 15.9 Å². The standard InChI is InChI=1S/C13H14BrN3O/c1-9-3-4-10(11(14)7-9)13(18)17(2)8-12-15-5-6-16-12/h3-7H,8H2,1-2H3,(H,15,16). The lowest BCUT2D eigenvalue weighted by molar-refractivity contribution is 0.0781. The van der Waals surface area contributed by atoms with Crippen LogP contribution in [0, 0.1) is 6.92 Å². The van der Waals surface area contributed by atoms with E-state index in [0.29, 0.717) is 12.1 Å². The lowest BCUT2D eigenvalue weighted by Gasteiger charge is -2.16. The predicted octanol–water partition coefficient (Wildman–Crippen LogP) is 2.75. The Balaban J connectivity index is 2.15. The Morgan fingerprint density at radius 1 is 1.50 bits per heavy atom. The molecule has 1 N–H and O–H groups in total. The van der Waals surface area contributed by atoms with Crippen LogP contribution < -0.4 is 0 Å². The van der Waals surface area contributed by atoms with E-state index in [1.165, 1.54) is 0 Å². The second-order valence-electron chi connectivity index (χ2n) is 4.18. The Bertz CT molecular complexity index is 551. The molecule has 1 amide bonds. The number of hydrogen-bond donors (Lipinski definition) is 1. The van der Waals surface area contributed by atoms with E-state index >= 15 is 0 Å². The van der Waals surface area contributed by atoms with Gasteiger partial charge in [-0.25, -0.2) is 4.98 Å². The molecule has 0 bridgehead atoms. The molecule has 1 aromatic carbocycles. The van der Waals surface area contributed by atoms with Gasteiger partial charge in [0.05, 0.1) is 12.1 Å². The van der Waals surface area contributed by atoms with Crippen LogP contribution in [0.3, 0.4) is 0 Å². The molecule has 18 heavy (non-hydrogen) atoms. The first-order valence-electron chi connectivity index (χ1n) is 5.58. The summed E-state index contributed by atoms with van der Waals surface area (Å²) in [4.78, 5) is 21.0. The lowest BCUT2D eigenvalue weighted by atomic mass is 10.1. The molecule has 0 spiro atoms. The van der Waals surface area contributed by atoms with Gasteiger partial charge < -0.3 is 9.88 Å². The molecule has 5 heteroatoms. The number of aromatic amines is 1. The van der Waals surface area contributed by atoms with Crippen LogP contribution >= 0.6 is 15.9 Å². The third-order valence-electron chi connectivity index (χ3n) is 2.64. The number of H-pyrrole nitrogens is 1. The molecule has 0 aliphatic carbocycles. The molecule has 0 aliphatic rings. The van der Waals surface area contributed by atoms with E-state index in [1.54, 1.807) is 24.3 Å². The second kappa shape index (κ2) is 5.35. The molecule has 0 fully saturated rings. The van der Waals surface area contributed by atoms with Crippen LogP contribution in [0.25, 0.3) is 0 Å². The van der Waals surface area contributed by atoms with Crippen LogP contribution in [0.4, 0.5) is 0 Å². The Hall–Kier alpha value is -1.62. The van der Waals surface area contributed by atoms with Gasteiger partial charge in [0.2, 0.25) is 0 Å². The number of amides is 1. The van der Waals surface area contributed by atoms with Gasteiger partial charge >= 0.3 is 0 Å². The summed E-state index contributed by atoms with van der Waals surface area (Å²) in [6.45, 7) is 2.46. The minimum atomic E-state index is -0.0294. The van der Waals surface area contributed by atoms with Gasteiger partial charge in [0.1, 0.15) is 5.82 Å². The van der Waals surface area contributed by atoms with Crippen molar-refractivity contribution < 1.29 is 4.79 Å². The zero-order chi connectivity index (χ0) is 13.1. The van der Waals surface area contributed by atoms with E-state index in [-0.39, 0.29) is 5.91 Å². The summed E-state index contributed by atoms with van der Waals surface area (Å²) < 4.78 is 0.818. The summed E-state index contributed by atoms with van der Waals surface area (Å²) in [5.41, 5.74) is 1.78. The molecule has 2 rings (SSSR count). The molecular weight excluding hydrogens is 294 g/mol. The van der Waals surface area contributed by atoms with Gasteiger partial charge in [-0.2, -0.15) is 0 Å². The molecular formula is C13H14BrN3O. The second-order valence-corrected chi connectivity index (χ2v) is 5.03. The van der Waals surface area contributed by atoms with E-state index in [4.69, 9.17) is 0 Å². The number of carbonyl (C=O) groups excluding carboxylic acids is 1. The van der Waals surface area contributed by atoms with Crippen molar-refractivity contribution in [2.45, 2.75) is 13.5 Å². The summed E-state index contributed by atoms with van der Waals surface area (Å²) >= 11 is 3.42. The van der Waals surface area contributed by atoms with Crippen molar-refractivity contribution in [2.75, 3.05) is 7.05 Å². The number of halogens is 1. The van der Waals surface area contributed by atoms with Gasteiger partial charge in [0.25, 0.3) is 5.91 Å². The van der Waals surface area contributed by atoms with Crippen LogP contribution in [0.1, 0.15) is 21.7 Å². The number of aromatic nitrogens is 2. The zero-order valence-corrected chi connectivity index (χ0v) is 11.9. The van der Waals surface area contributed by atoms with Gasteiger partial charge in [0.15, 0.2) is 0 Å². The van der Waals surface area contributed by atoms with Crippen LogP contribution in [0.5, 0.6) is 0 Å². The Kier molecular flexibility index (Phi) is 3.81. The fourth-order valence-corrected chi connectivity index (χ4v) is 2.34. The molecule has 94 valence electrons. The van der Waals surface area contributed by atoms with Gasteiger partial charge in [-0.1, -0.05) is 6.07 Å². The van der Waals surface area contributed by atoms with Crippen LogP contribution in [-0.4, -0.2) is 27.8 Å². The highest BCUT2D eigenvalue weighted by atomic mass is 79.9. The molecule has 0 aliphatic heterocycles. The van der Waals surface area contributed by atoms with Crippen molar-refractivity contribution in [2.24, 2.45) is 0 Å². The third-order valence-corrected chi connectivity index (χ3v) is 3.30. The van der Waals surface area contributed by atoms with Gasteiger partial charge in [-0.3, -0.25) is 4.79 Å². The zero-order valence-electron chi connectivity index (χ0n) is 10.3. The Morgan fingerprint density at radius 2 is 2.28 bits per heavy atom. The number of hydrogen-bond acceptors (Lipinski definition) is 2. The van der Waals surface area contributed by atoms with Crippen LogP contribution in [-0.2, 0) is 6.54 Å². The molecule has 0 saturated carbocycles. The Labute approximate surface area is 114 Å². The van der Waals surface area contributed by atoms with Crippen molar-refractivity contribution in [3.8, 4) is 0 Å². The van der Waals surface area contributed by atoms with Gasteiger partial charge in [0, 0.05) is 23.9 Å². The fraction of sp³-hybridized carbons (Fsp3) is 0.231. The SMILES string of the molecule is Cc1ccc(C(=O)N(C)Cc2ncc[nH]2)c(Br)c1. The first-order chi connectivity index (χ1) is 8.58. The average molecular weight is 308 g/mol. The minimum absolute atomic E-state index is 0.0294. The smallest absolute Gasteiger partial charge is 0.255 e. The molecule has 1 aromatic heterocycles. The summed E-state index contributed by atoms with van der Waals surface area (Å²) in [6.07, 6.45) is 3.42. The average Bonchev–Trinajstić information content (AvgIpc) is 2.81. The summed E-state index contributed by atoms with van der Waals surface area (Å²) in [5, 5.41) is 0. The van der Waals surface area contributed by atoms with Crippen molar-refractivity contribution >= 4 is 21.8 Å². The van der Waals surface area contributed by atoms with Gasteiger partial charge in [-0.05, 0) is 40.5 Å². The highest BCUT2D eigenvalue weighted by Gasteiger charge is 2.15. The number of nitrogens with one attached hydrogen (secondary N) is 1. The maximum atomic E-state index is 12.3. The van der Waals surface area contributed by atoms with E-state index in [9.17, 15) is 4.79 Å². The van der Waals surface area contributed by atoms with Crippen molar-refractivity contribution in [3.63, 3.8) is 0 Å². The third kappa shape index (κ3) is 2.79. The van der Waals surface area contributed by atoms with E-state index in [1.807, 2.05) is 25.1 Å². The molecule has 1 heterocycles. The predicted molar refractivity (Wildman–Crippen MR) is 73.3 cm³/mol. The maximum Gasteiger partial charge on any atom is 0.255 e. The largest absolute Gasteiger partial charge is 0.347 e.